The lowest BCUT2D eigenvalue weighted by atomic mass is 10.2. The first-order chi connectivity index (χ1) is 9.60. The standard InChI is InChI=1S/C13H15FN4OS/c1-3-4-15-11-10(5-9(14)6-16-11)12(19)18-13-17-8(2)7-20-13/h5-7H,3-4H2,1-2H3,(H,15,16)(H,17,18,19). The number of carbonyl (C=O) groups excluding carboxylic acids is 1. The summed E-state index contributed by atoms with van der Waals surface area (Å²) in [6, 6.07) is 1.17. The van der Waals surface area contributed by atoms with Crippen molar-refractivity contribution in [3.8, 4) is 0 Å². The van der Waals surface area contributed by atoms with E-state index in [1.54, 1.807) is 0 Å². The molecule has 0 aliphatic rings. The highest BCUT2D eigenvalue weighted by molar-refractivity contribution is 7.13. The van der Waals surface area contributed by atoms with Crippen LogP contribution >= 0.6 is 11.3 Å². The molecule has 106 valence electrons. The number of rotatable bonds is 5. The molecule has 2 aromatic heterocycles. The van der Waals surface area contributed by atoms with Crippen LogP contribution in [0.3, 0.4) is 0 Å². The van der Waals surface area contributed by atoms with Crippen LogP contribution in [0.25, 0.3) is 0 Å². The van der Waals surface area contributed by atoms with Crippen LogP contribution in [0.15, 0.2) is 17.6 Å². The number of aryl methyl sites for hydroxylation is 1. The number of hydrogen-bond acceptors (Lipinski definition) is 5. The average molecular weight is 294 g/mol. The Morgan fingerprint density at radius 2 is 2.30 bits per heavy atom. The van der Waals surface area contributed by atoms with Gasteiger partial charge in [-0.1, -0.05) is 6.92 Å². The molecule has 0 unspecified atom stereocenters. The monoisotopic (exact) mass is 294 g/mol. The molecule has 7 heteroatoms. The van der Waals surface area contributed by atoms with Crippen molar-refractivity contribution >= 4 is 28.2 Å². The molecule has 2 N–H and O–H groups in total. The van der Waals surface area contributed by atoms with E-state index in [4.69, 9.17) is 0 Å². The topological polar surface area (TPSA) is 66.9 Å². The summed E-state index contributed by atoms with van der Waals surface area (Å²) in [6.45, 7) is 4.49. The van der Waals surface area contributed by atoms with Crippen molar-refractivity contribution < 1.29 is 9.18 Å². The van der Waals surface area contributed by atoms with Gasteiger partial charge < -0.3 is 5.32 Å². The van der Waals surface area contributed by atoms with Crippen LogP contribution < -0.4 is 10.6 Å². The van der Waals surface area contributed by atoms with E-state index < -0.39 is 11.7 Å². The highest BCUT2D eigenvalue weighted by Crippen LogP contribution is 2.19. The Hall–Kier alpha value is -2.02. The molecule has 0 saturated carbocycles. The molecule has 0 spiro atoms. The zero-order valence-electron chi connectivity index (χ0n) is 11.2. The Morgan fingerprint density at radius 1 is 1.50 bits per heavy atom. The van der Waals surface area contributed by atoms with Crippen molar-refractivity contribution in [3.63, 3.8) is 0 Å². The minimum Gasteiger partial charge on any atom is -0.369 e. The zero-order chi connectivity index (χ0) is 14.5. The summed E-state index contributed by atoms with van der Waals surface area (Å²) in [7, 11) is 0. The molecule has 2 heterocycles. The molecule has 0 bridgehead atoms. The van der Waals surface area contributed by atoms with E-state index in [-0.39, 0.29) is 5.56 Å². The van der Waals surface area contributed by atoms with E-state index in [2.05, 4.69) is 20.6 Å². The van der Waals surface area contributed by atoms with Gasteiger partial charge in [-0.05, 0) is 19.4 Å². The normalized spacial score (nSPS) is 10.3. The smallest absolute Gasteiger partial charge is 0.261 e. The maximum absolute atomic E-state index is 13.3. The second-order valence-corrected chi connectivity index (χ2v) is 5.08. The van der Waals surface area contributed by atoms with Crippen molar-refractivity contribution in [1.82, 2.24) is 9.97 Å². The quantitative estimate of drug-likeness (QED) is 0.889. The van der Waals surface area contributed by atoms with Crippen LogP contribution in [0.1, 0.15) is 29.4 Å². The van der Waals surface area contributed by atoms with Gasteiger partial charge in [-0.15, -0.1) is 11.3 Å². The van der Waals surface area contributed by atoms with Crippen molar-refractivity contribution in [3.05, 3.63) is 34.7 Å². The largest absolute Gasteiger partial charge is 0.369 e. The number of hydrogen-bond donors (Lipinski definition) is 2. The lowest BCUT2D eigenvalue weighted by molar-refractivity contribution is 0.102. The van der Waals surface area contributed by atoms with Crippen LogP contribution in [0.2, 0.25) is 0 Å². The summed E-state index contributed by atoms with van der Waals surface area (Å²) < 4.78 is 13.3. The summed E-state index contributed by atoms with van der Waals surface area (Å²) in [6.07, 6.45) is 1.97. The Balaban J connectivity index is 2.21. The molecule has 20 heavy (non-hydrogen) atoms. The van der Waals surface area contributed by atoms with E-state index in [0.717, 1.165) is 18.3 Å². The van der Waals surface area contributed by atoms with Gasteiger partial charge in [0.05, 0.1) is 17.5 Å². The second kappa shape index (κ2) is 6.42. The lowest BCUT2D eigenvalue weighted by Crippen LogP contribution is -2.16. The van der Waals surface area contributed by atoms with Gasteiger partial charge in [0.2, 0.25) is 0 Å². The fourth-order valence-electron chi connectivity index (χ4n) is 1.57. The first kappa shape index (κ1) is 14.4. The van der Waals surface area contributed by atoms with Crippen LogP contribution in [-0.4, -0.2) is 22.4 Å². The molecule has 0 aliphatic carbocycles. The summed E-state index contributed by atoms with van der Waals surface area (Å²) in [5.74, 6) is -0.600. The van der Waals surface area contributed by atoms with Crippen LogP contribution in [-0.2, 0) is 0 Å². The fraction of sp³-hybridized carbons (Fsp3) is 0.308. The third kappa shape index (κ3) is 3.51. The highest BCUT2D eigenvalue weighted by Gasteiger charge is 2.15. The van der Waals surface area contributed by atoms with E-state index in [1.165, 1.54) is 17.4 Å². The number of nitrogens with zero attached hydrogens (tertiary/aromatic N) is 2. The van der Waals surface area contributed by atoms with Crippen LogP contribution in [0, 0.1) is 12.7 Å². The van der Waals surface area contributed by atoms with E-state index >= 15 is 0 Å². The number of nitrogens with one attached hydrogen (secondary N) is 2. The molecule has 0 aliphatic heterocycles. The van der Waals surface area contributed by atoms with Gasteiger partial charge in [-0.25, -0.2) is 14.4 Å². The Labute approximate surface area is 120 Å². The minimum atomic E-state index is -0.549. The van der Waals surface area contributed by atoms with Gasteiger partial charge in [0.25, 0.3) is 5.91 Å². The molecular formula is C13H15FN4OS. The van der Waals surface area contributed by atoms with Crippen molar-refractivity contribution in [2.75, 3.05) is 17.2 Å². The highest BCUT2D eigenvalue weighted by atomic mass is 32.1. The third-order valence-corrected chi connectivity index (χ3v) is 3.36. The molecule has 0 radical (unpaired) electrons. The molecular weight excluding hydrogens is 279 g/mol. The van der Waals surface area contributed by atoms with Gasteiger partial charge in [0.15, 0.2) is 5.13 Å². The van der Waals surface area contributed by atoms with Gasteiger partial charge in [0.1, 0.15) is 11.6 Å². The van der Waals surface area contributed by atoms with E-state index in [9.17, 15) is 9.18 Å². The number of halogens is 1. The first-order valence-corrected chi connectivity index (χ1v) is 7.11. The molecule has 0 fully saturated rings. The predicted molar refractivity (Wildman–Crippen MR) is 77.8 cm³/mol. The Morgan fingerprint density at radius 3 is 2.95 bits per heavy atom. The minimum absolute atomic E-state index is 0.173. The second-order valence-electron chi connectivity index (χ2n) is 4.22. The van der Waals surface area contributed by atoms with Gasteiger partial charge in [0, 0.05) is 11.9 Å². The van der Waals surface area contributed by atoms with Crippen LogP contribution in [0.4, 0.5) is 15.3 Å². The molecule has 0 saturated heterocycles. The van der Waals surface area contributed by atoms with Gasteiger partial charge in [-0.2, -0.15) is 0 Å². The van der Waals surface area contributed by atoms with Crippen molar-refractivity contribution in [1.29, 1.82) is 0 Å². The molecule has 2 rings (SSSR count). The molecule has 5 nitrogen and oxygen atoms in total. The SMILES string of the molecule is CCCNc1ncc(F)cc1C(=O)Nc1nc(C)cs1. The van der Waals surface area contributed by atoms with Crippen molar-refractivity contribution in [2.24, 2.45) is 0 Å². The zero-order valence-corrected chi connectivity index (χ0v) is 12.1. The summed E-state index contributed by atoms with van der Waals surface area (Å²) in [5, 5.41) is 7.96. The molecule has 2 aromatic rings. The Kier molecular flexibility index (Phi) is 4.62. The number of anilines is 2. The summed E-state index contributed by atoms with van der Waals surface area (Å²) >= 11 is 1.32. The average Bonchev–Trinajstić information content (AvgIpc) is 2.82. The number of thiazole rings is 1. The van der Waals surface area contributed by atoms with Gasteiger partial charge in [-0.3, -0.25) is 10.1 Å². The summed E-state index contributed by atoms with van der Waals surface area (Å²) in [4.78, 5) is 20.2. The first-order valence-electron chi connectivity index (χ1n) is 6.23. The van der Waals surface area contributed by atoms with Crippen molar-refractivity contribution in [2.45, 2.75) is 20.3 Å². The maximum Gasteiger partial charge on any atom is 0.261 e. The maximum atomic E-state index is 13.3. The molecule has 0 aromatic carbocycles. The number of aromatic nitrogens is 2. The van der Waals surface area contributed by atoms with E-state index in [1.807, 2.05) is 19.2 Å². The van der Waals surface area contributed by atoms with Gasteiger partial charge >= 0.3 is 0 Å². The third-order valence-electron chi connectivity index (χ3n) is 2.48. The Bertz CT molecular complexity index is 614. The van der Waals surface area contributed by atoms with E-state index in [0.29, 0.717) is 17.5 Å². The summed E-state index contributed by atoms with van der Waals surface area (Å²) in [5.41, 5.74) is 0.998. The number of amides is 1. The number of carbonyl (C=O) groups is 1. The molecule has 0 atom stereocenters. The molecule has 1 amide bonds. The lowest BCUT2D eigenvalue weighted by Gasteiger charge is -2.09. The predicted octanol–water partition coefficient (Wildman–Crippen LogP) is 3.06. The number of pyridine rings is 1. The van der Waals surface area contributed by atoms with Crippen LogP contribution in [0.5, 0.6) is 0 Å². The fourth-order valence-corrected chi connectivity index (χ4v) is 2.26.